The van der Waals surface area contributed by atoms with Crippen LogP contribution in [0.4, 0.5) is 0 Å². The van der Waals surface area contributed by atoms with E-state index in [1.165, 1.54) is 0 Å². The van der Waals surface area contributed by atoms with E-state index in [-0.39, 0.29) is 18.1 Å². The van der Waals surface area contributed by atoms with Crippen molar-refractivity contribution in [1.29, 1.82) is 0 Å². The molecule has 0 spiro atoms. The number of hydrogen-bond donors (Lipinski definition) is 1. The van der Waals surface area contributed by atoms with Gasteiger partial charge in [0.25, 0.3) is 5.91 Å². The van der Waals surface area contributed by atoms with Crippen LogP contribution in [0.25, 0.3) is 0 Å². The molecule has 1 aromatic heterocycles. The van der Waals surface area contributed by atoms with Gasteiger partial charge in [0.05, 0.1) is 6.10 Å². The second-order valence-electron chi connectivity index (χ2n) is 5.07. The minimum Gasteiger partial charge on any atom is -0.381 e. The zero-order chi connectivity index (χ0) is 13.1. The Balaban J connectivity index is 1.56. The maximum atomic E-state index is 12.2. The number of rotatable bonds is 3. The normalized spacial score (nSPS) is 23.9. The van der Waals surface area contributed by atoms with Crippen molar-refractivity contribution in [3.05, 3.63) is 18.0 Å². The molecule has 1 fully saturated rings. The maximum absolute atomic E-state index is 12.2. The lowest BCUT2D eigenvalue weighted by Crippen LogP contribution is -2.39. The van der Waals surface area contributed by atoms with Crippen LogP contribution in [0.15, 0.2) is 12.3 Å². The van der Waals surface area contributed by atoms with Crippen molar-refractivity contribution in [3.63, 3.8) is 0 Å². The molecule has 1 saturated heterocycles. The Morgan fingerprint density at radius 2 is 2.26 bits per heavy atom. The van der Waals surface area contributed by atoms with Gasteiger partial charge in [0, 0.05) is 25.1 Å². The summed E-state index contributed by atoms with van der Waals surface area (Å²) < 4.78 is 7.06. The first-order chi connectivity index (χ1) is 9.34. The zero-order valence-electron chi connectivity index (χ0n) is 10.9. The molecule has 2 aliphatic heterocycles. The molecule has 19 heavy (non-hydrogen) atoms. The van der Waals surface area contributed by atoms with Crippen LogP contribution in [0.5, 0.6) is 0 Å². The van der Waals surface area contributed by atoms with Crippen LogP contribution in [0.3, 0.4) is 0 Å². The Morgan fingerprint density at radius 1 is 1.42 bits per heavy atom. The molecule has 0 aliphatic carbocycles. The number of aromatic nitrogens is 2. The van der Waals surface area contributed by atoms with Crippen molar-refractivity contribution >= 4 is 5.91 Å². The number of carbonyl (C=O) groups excluding carboxylic acids is 1. The summed E-state index contributed by atoms with van der Waals surface area (Å²) in [7, 11) is 0. The van der Waals surface area contributed by atoms with E-state index in [4.69, 9.17) is 9.57 Å². The van der Waals surface area contributed by atoms with Gasteiger partial charge in [0.2, 0.25) is 0 Å². The van der Waals surface area contributed by atoms with Crippen LogP contribution in [0, 0.1) is 0 Å². The average molecular weight is 265 g/mol. The highest BCUT2D eigenvalue weighted by molar-refractivity contribution is 5.79. The predicted molar refractivity (Wildman–Crippen MR) is 67.3 cm³/mol. The molecule has 1 amide bonds. The lowest BCUT2D eigenvalue weighted by Gasteiger charge is -2.26. The fourth-order valence-corrected chi connectivity index (χ4v) is 2.66. The Morgan fingerprint density at radius 3 is 3.11 bits per heavy atom. The van der Waals surface area contributed by atoms with Gasteiger partial charge in [-0.2, -0.15) is 5.10 Å². The number of amides is 1. The molecule has 1 atom stereocenters. The lowest BCUT2D eigenvalue weighted by atomic mass is 10.0. The van der Waals surface area contributed by atoms with Gasteiger partial charge in [-0.1, -0.05) is 0 Å². The van der Waals surface area contributed by atoms with E-state index in [1.807, 2.05) is 10.7 Å². The highest BCUT2D eigenvalue weighted by atomic mass is 16.7. The van der Waals surface area contributed by atoms with Gasteiger partial charge in [0.15, 0.2) is 0 Å². The van der Waals surface area contributed by atoms with Crippen LogP contribution in [0.2, 0.25) is 0 Å². The average Bonchev–Trinajstić information content (AvgIpc) is 2.94. The number of fused-ring (bicyclic) bond motifs is 1. The van der Waals surface area contributed by atoms with Gasteiger partial charge in [-0.15, -0.1) is 0 Å². The summed E-state index contributed by atoms with van der Waals surface area (Å²) in [6.45, 7) is 1.40. The molecule has 3 rings (SSSR count). The molecule has 0 saturated carbocycles. The highest BCUT2D eigenvalue weighted by Gasteiger charge is 2.27. The lowest BCUT2D eigenvalue weighted by molar-refractivity contribution is -0.147. The van der Waals surface area contributed by atoms with Crippen LogP contribution in [-0.4, -0.2) is 35.0 Å². The van der Waals surface area contributed by atoms with Gasteiger partial charge in [-0.3, -0.25) is 14.3 Å². The molecule has 1 unspecified atom stereocenters. The first kappa shape index (κ1) is 12.6. The molecule has 0 aromatic carbocycles. The SMILES string of the molecule is O=C(NOC1CCOCC1)C1CCCc2ccnn21. The monoisotopic (exact) mass is 265 g/mol. The first-order valence-electron chi connectivity index (χ1n) is 6.90. The van der Waals surface area contributed by atoms with Crippen molar-refractivity contribution in [3.8, 4) is 0 Å². The van der Waals surface area contributed by atoms with Crippen LogP contribution in [0.1, 0.15) is 37.4 Å². The van der Waals surface area contributed by atoms with Gasteiger partial charge < -0.3 is 4.74 Å². The van der Waals surface area contributed by atoms with E-state index in [1.54, 1.807) is 6.20 Å². The van der Waals surface area contributed by atoms with Crippen LogP contribution in [-0.2, 0) is 20.8 Å². The van der Waals surface area contributed by atoms with Gasteiger partial charge in [-0.05, 0) is 38.2 Å². The Kier molecular flexibility index (Phi) is 3.79. The van der Waals surface area contributed by atoms with E-state index >= 15 is 0 Å². The molecular formula is C13H19N3O3. The molecule has 0 radical (unpaired) electrons. The van der Waals surface area contributed by atoms with E-state index < -0.39 is 0 Å². The van der Waals surface area contributed by atoms with Crippen molar-refractivity contribution in [2.24, 2.45) is 0 Å². The van der Waals surface area contributed by atoms with E-state index in [0.717, 1.165) is 37.8 Å². The quantitative estimate of drug-likeness (QED) is 0.828. The number of nitrogens with zero attached hydrogens (tertiary/aromatic N) is 2. The minimum atomic E-state index is -0.237. The third-order valence-corrected chi connectivity index (χ3v) is 3.76. The van der Waals surface area contributed by atoms with E-state index in [9.17, 15) is 4.79 Å². The van der Waals surface area contributed by atoms with Gasteiger partial charge in [-0.25, -0.2) is 5.48 Å². The van der Waals surface area contributed by atoms with Crippen molar-refractivity contribution in [2.45, 2.75) is 44.2 Å². The van der Waals surface area contributed by atoms with Crippen molar-refractivity contribution in [1.82, 2.24) is 15.3 Å². The summed E-state index contributed by atoms with van der Waals surface area (Å²) in [6.07, 6.45) is 6.30. The summed E-state index contributed by atoms with van der Waals surface area (Å²) >= 11 is 0. The molecular weight excluding hydrogens is 246 g/mol. The number of nitrogens with one attached hydrogen (secondary N) is 1. The standard InChI is InChI=1S/C13H19N3O3/c17-13(15-19-11-5-8-18-9-6-11)12-3-1-2-10-4-7-14-16(10)12/h4,7,11-12H,1-3,5-6,8-9H2,(H,15,17). The van der Waals surface area contributed by atoms with E-state index in [0.29, 0.717) is 13.2 Å². The van der Waals surface area contributed by atoms with Gasteiger partial charge in [0.1, 0.15) is 6.04 Å². The summed E-state index contributed by atoms with van der Waals surface area (Å²) in [5.41, 5.74) is 3.72. The maximum Gasteiger partial charge on any atom is 0.268 e. The summed E-state index contributed by atoms with van der Waals surface area (Å²) in [6, 6.07) is 1.73. The Bertz CT molecular complexity index is 440. The number of hydrogen-bond acceptors (Lipinski definition) is 4. The number of aryl methyl sites for hydroxylation is 1. The Hall–Kier alpha value is -1.40. The fraction of sp³-hybridized carbons (Fsp3) is 0.692. The molecule has 6 heteroatoms. The smallest absolute Gasteiger partial charge is 0.268 e. The summed E-state index contributed by atoms with van der Waals surface area (Å²) in [4.78, 5) is 17.6. The van der Waals surface area contributed by atoms with Crippen LogP contribution >= 0.6 is 0 Å². The second-order valence-corrected chi connectivity index (χ2v) is 5.07. The molecule has 1 aromatic rings. The van der Waals surface area contributed by atoms with Crippen molar-refractivity contribution < 1.29 is 14.4 Å². The third-order valence-electron chi connectivity index (χ3n) is 3.76. The highest BCUT2D eigenvalue weighted by Crippen LogP contribution is 2.23. The minimum absolute atomic E-state index is 0.0679. The summed E-state index contributed by atoms with van der Waals surface area (Å²) in [5, 5.41) is 4.23. The van der Waals surface area contributed by atoms with Crippen molar-refractivity contribution in [2.75, 3.05) is 13.2 Å². The number of hydroxylamine groups is 1. The zero-order valence-corrected chi connectivity index (χ0v) is 10.9. The van der Waals surface area contributed by atoms with Crippen LogP contribution < -0.4 is 5.48 Å². The largest absolute Gasteiger partial charge is 0.381 e. The topological polar surface area (TPSA) is 65.4 Å². The molecule has 0 bridgehead atoms. The molecule has 104 valence electrons. The molecule has 2 aliphatic rings. The molecule has 1 N–H and O–H groups in total. The van der Waals surface area contributed by atoms with E-state index in [2.05, 4.69) is 10.6 Å². The first-order valence-corrected chi connectivity index (χ1v) is 6.90. The Labute approximate surface area is 112 Å². The molecule has 6 nitrogen and oxygen atoms in total. The number of carbonyl (C=O) groups is 1. The fourth-order valence-electron chi connectivity index (χ4n) is 2.66. The summed E-state index contributed by atoms with van der Waals surface area (Å²) in [5.74, 6) is -0.101. The van der Waals surface area contributed by atoms with Gasteiger partial charge >= 0.3 is 0 Å². The second kappa shape index (κ2) is 5.71. The third kappa shape index (κ3) is 2.79. The number of ether oxygens (including phenoxy) is 1. The molecule has 3 heterocycles. The predicted octanol–water partition coefficient (Wildman–Crippen LogP) is 0.987.